The first-order chi connectivity index (χ1) is 7.69. The highest BCUT2D eigenvalue weighted by Gasteiger charge is 2.10. The van der Waals surface area contributed by atoms with Gasteiger partial charge >= 0.3 is 0 Å². The third-order valence-electron chi connectivity index (χ3n) is 1.91. The normalized spacial score (nSPS) is 9.75. The third kappa shape index (κ3) is 3.02. The average Bonchev–Trinajstić information content (AvgIpc) is 2.29. The molecule has 0 unspecified atom stereocenters. The molecule has 0 bridgehead atoms. The summed E-state index contributed by atoms with van der Waals surface area (Å²) in [5, 5.41) is 27.8. The number of nitrogens with zero attached hydrogens (tertiary/aromatic N) is 2. The van der Waals surface area contributed by atoms with E-state index in [1.165, 1.54) is 18.2 Å². The summed E-state index contributed by atoms with van der Waals surface area (Å²) in [5.74, 6) is 0. The molecule has 0 radical (unpaired) electrons. The van der Waals surface area contributed by atoms with Crippen molar-refractivity contribution in [1.82, 2.24) is 0 Å². The Kier molecular flexibility index (Phi) is 4.39. The van der Waals surface area contributed by atoms with Crippen LogP contribution in [0.3, 0.4) is 0 Å². The highest BCUT2D eigenvalue weighted by molar-refractivity contribution is 5.45. The first kappa shape index (κ1) is 12.1. The zero-order valence-electron chi connectivity index (χ0n) is 8.42. The maximum atomic E-state index is 10.5. The van der Waals surface area contributed by atoms with Gasteiger partial charge in [-0.1, -0.05) is 0 Å². The van der Waals surface area contributed by atoms with Crippen LogP contribution < -0.4 is 0 Å². The van der Waals surface area contributed by atoms with Gasteiger partial charge in [0.2, 0.25) is 0 Å². The summed E-state index contributed by atoms with van der Waals surface area (Å²) in [7, 11) is 0. The topological polar surface area (TPSA) is 96.4 Å². The van der Waals surface area contributed by atoms with Gasteiger partial charge < -0.3 is 9.84 Å². The molecule has 6 heteroatoms. The Morgan fingerprint density at radius 3 is 2.88 bits per heavy atom. The van der Waals surface area contributed by atoms with Crippen LogP contribution in [0.4, 0.5) is 5.69 Å². The molecule has 16 heavy (non-hydrogen) atoms. The minimum absolute atomic E-state index is 0.0745. The molecule has 0 aliphatic heterocycles. The van der Waals surface area contributed by atoms with Gasteiger partial charge in [-0.2, -0.15) is 5.26 Å². The third-order valence-corrected chi connectivity index (χ3v) is 1.91. The van der Waals surface area contributed by atoms with Crippen molar-refractivity contribution in [2.45, 2.75) is 6.61 Å². The Hall–Kier alpha value is -1.97. The van der Waals surface area contributed by atoms with Crippen LogP contribution in [-0.2, 0) is 11.3 Å². The Balaban J connectivity index is 2.90. The van der Waals surface area contributed by atoms with Gasteiger partial charge in [0.05, 0.1) is 36.4 Å². The second-order valence-electron chi connectivity index (χ2n) is 2.99. The van der Waals surface area contributed by atoms with E-state index < -0.39 is 4.92 Å². The standard InChI is InChI=1S/C10H10N2O4/c11-6-8-1-2-10(12(14)15)5-9(8)7-16-4-3-13/h1-2,5,13H,3-4,7H2. The number of ether oxygens (including phenoxy) is 1. The first-order valence-corrected chi connectivity index (χ1v) is 4.55. The van der Waals surface area contributed by atoms with Gasteiger partial charge in [-0.05, 0) is 6.07 Å². The molecule has 6 nitrogen and oxygen atoms in total. The number of aliphatic hydroxyl groups excluding tert-OH is 1. The molecule has 0 spiro atoms. The molecular weight excluding hydrogens is 212 g/mol. The zero-order chi connectivity index (χ0) is 12.0. The monoisotopic (exact) mass is 222 g/mol. The van der Waals surface area contributed by atoms with Crippen LogP contribution in [0.15, 0.2) is 18.2 Å². The summed E-state index contributed by atoms with van der Waals surface area (Å²) >= 11 is 0. The van der Waals surface area contributed by atoms with Gasteiger partial charge in [0.25, 0.3) is 5.69 Å². The van der Waals surface area contributed by atoms with Gasteiger partial charge in [-0.25, -0.2) is 0 Å². The van der Waals surface area contributed by atoms with Crippen molar-refractivity contribution >= 4 is 5.69 Å². The number of benzene rings is 1. The molecular formula is C10H10N2O4. The van der Waals surface area contributed by atoms with Gasteiger partial charge in [0.1, 0.15) is 0 Å². The van der Waals surface area contributed by atoms with Crippen LogP contribution in [0.5, 0.6) is 0 Å². The Morgan fingerprint density at radius 2 is 2.31 bits per heavy atom. The summed E-state index contributed by atoms with van der Waals surface area (Å²) in [4.78, 5) is 9.99. The quantitative estimate of drug-likeness (QED) is 0.455. The molecule has 0 saturated carbocycles. The average molecular weight is 222 g/mol. The van der Waals surface area contributed by atoms with Crippen molar-refractivity contribution in [2.24, 2.45) is 0 Å². The molecule has 1 rings (SSSR count). The number of nitro groups is 1. The van der Waals surface area contributed by atoms with Crippen molar-refractivity contribution in [3.05, 3.63) is 39.4 Å². The van der Waals surface area contributed by atoms with E-state index >= 15 is 0 Å². The highest BCUT2D eigenvalue weighted by Crippen LogP contribution is 2.18. The second-order valence-corrected chi connectivity index (χ2v) is 2.99. The molecule has 0 aromatic heterocycles. The lowest BCUT2D eigenvalue weighted by Crippen LogP contribution is -2.01. The smallest absolute Gasteiger partial charge is 0.269 e. The van der Waals surface area contributed by atoms with E-state index in [0.29, 0.717) is 11.1 Å². The fourth-order valence-corrected chi connectivity index (χ4v) is 1.17. The number of rotatable bonds is 5. The molecule has 1 aromatic carbocycles. The molecule has 0 aliphatic carbocycles. The minimum atomic E-state index is -0.531. The van der Waals surface area contributed by atoms with E-state index in [-0.39, 0.29) is 25.5 Å². The van der Waals surface area contributed by atoms with Gasteiger partial charge in [-0.3, -0.25) is 10.1 Å². The minimum Gasteiger partial charge on any atom is -0.394 e. The molecule has 1 aromatic rings. The summed E-state index contributed by atoms with van der Waals surface area (Å²) in [6, 6.07) is 5.88. The highest BCUT2D eigenvalue weighted by atomic mass is 16.6. The van der Waals surface area contributed by atoms with E-state index in [0.717, 1.165) is 0 Å². The molecule has 0 amide bonds. The molecule has 0 aliphatic rings. The number of non-ortho nitro benzene ring substituents is 1. The van der Waals surface area contributed by atoms with Crippen LogP contribution in [-0.4, -0.2) is 23.2 Å². The number of nitro benzene ring substituents is 1. The van der Waals surface area contributed by atoms with E-state index in [9.17, 15) is 10.1 Å². The number of nitriles is 1. The largest absolute Gasteiger partial charge is 0.394 e. The van der Waals surface area contributed by atoms with Crippen molar-refractivity contribution < 1.29 is 14.8 Å². The Bertz CT molecular complexity index is 425. The van der Waals surface area contributed by atoms with Crippen LogP contribution in [0.2, 0.25) is 0 Å². The molecule has 84 valence electrons. The lowest BCUT2D eigenvalue weighted by Gasteiger charge is -2.04. The maximum absolute atomic E-state index is 10.5. The predicted molar refractivity (Wildman–Crippen MR) is 54.6 cm³/mol. The van der Waals surface area contributed by atoms with Gasteiger partial charge in [0, 0.05) is 17.7 Å². The van der Waals surface area contributed by atoms with E-state index in [1.54, 1.807) is 0 Å². The van der Waals surface area contributed by atoms with Gasteiger partial charge in [-0.15, -0.1) is 0 Å². The second kappa shape index (κ2) is 5.80. The van der Waals surface area contributed by atoms with Crippen molar-refractivity contribution in [3.8, 4) is 6.07 Å². The van der Waals surface area contributed by atoms with E-state index in [1.807, 2.05) is 6.07 Å². The van der Waals surface area contributed by atoms with Crippen molar-refractivity contribution in [2.75, 3.05) is 13.2 Å². The van der Waals surface area contributed by atoms with Crippen LogP contribution in [0.1, 0.15) is 11.1 Å². The fourth-order valence-electron chi connectivity index (χ4n) is 1.17. The lowest BCUT2D eigenvalue weighted by atomic mass is 10.1. The fraction of sp³-hybridized carbons (Fsp3) is 0.300. The number of hydrogen-bond donors (Lipinski definition) is 1. The summed E-state index contributed by atoms with van der Waals surface area (Å²) in [5.41, 5.74) is 0.704. The predicted octanol–water partition coefficient (Wildman–Crippen LogP) is 0.975. The lowest BCUT2D eigenvalue weighted by molar-refractivity contribution is -0.385. The maximum Gasteiger partial charge on any atom is 0.269 e. The Labute approximate surface area is 91.8 Å². The molecule has 0 saturated heterocycles. The van der Waals surface area contributed by atoms with E-state index in [4.69, 9.17) is 15.1 Å². The molecule has 0 fully saturated rings. The van der Waals surface area contributed by atoms with Gasteiger partial charge in [0.15, 0.2) is 0 Å². The summed E-state index contributed by atoms with van der Waals surface area (Å²) in [6.45, 7) is 0.0789. The van der Waals surface area contributed by atoms with Crippen LogP contribution >= 0.6 is 0 Å². The zero-order valence-corrected chi connectivity index (χ0v) is 8.42. The first-order valence-electron chi connectivity index (χ1n) is 4.55. The SMILES string of the molecule is N#Cc1ccc([N+](=O)[O-])cc1COCCO. The van der Waals surface area contributed by atoms with Crippen molar-refractivity contribution in [3.63, 3.8) is 0 Å². The van der Waals surface area contributed by atoms with Crippen LogP contribution in [0.25, 0.3) is 0 Å². The molecule has 0 atom stereocenters. The molecule has 1 N–H and O–H groups in total. The van der Waals surface area contributed by atoms with Crippen LogP contribution in [0, 0.1) is 21.4 Å². The number of aliphatic hydroxyl groups is 1. The van der Waals surface area contributed by atoms with E-state index in [2.05, 4.69) is 0 Å². The number of hydrogen-bond acceptors (Lipinski definition) is 5. The Morgan fingerprint density at radius 1 is 1.56 bits per heavy atom. The summed E-state index contributed by atoms with van der Waals surface area (Å²) in [6.07, 6.45) is 0. The summed E-state index contributed by atoms with van der Waals surface area (Å²) < 4.78 is 5.02. The molecule has 0 heterocycles. The van der Waals surface area contributed by atoms with Crippen molar-refractivity contribution in [1.29, 1.82) is 5.26 Å².